The van der Waals surface area contributed by atoms with Crippen LogP contribution in [-0.2, 0) is 14.8 Å². The van der Waals surface area contributed by atoms with Gasteiger partial charge >= 0.3 is 6.36 Å². The molecule has 1 unspecified atom stereocenters. The van der Waals surface area contributed by atoms with E-state index in [0.717, 1.165) is 29.8 Å². The molecule has 1 amide bonds. The predicted octanol–water partition coefficient (Wildman–Crippen LogP) is 4.05. The molecule has 0 aliphatic carbocycles. The Balaban J connectivity index is 1.57. The van der Waals surface area contributed by atoms with Crippen LogP contribution in [0.2, 0.25) is 0 Å². The molecule has 0 radical (unpaired) electrons. The maximum atomic E-state index is 13.0. The fourth-order valence-corrected chi connectivity index (χ4v) is 5.09. The lowest BCUT2D eigenvalue weighted by Gasteiger charge is -2.34. The number of benzene rings is 2. The number of carbonyl (C=O) groups is 1. The standard InChI is InChI=1S/C22H25F3N2O4S/c1-2-20(16-6-4-3-5-7-16)21(28)27-14-12-17(13-15-27)26-32(29,30)19-10-8-18(9-11-19)31-22(23,24)25/h3-11,17,20,26H,2,12-15H2,1H3. The summed E-state index contributed by atoms with van der Waals surface area (Å²) in [6.07, 6.45) is -3.28. The first-order valence-corrected chi connectivity index (χ1v) is 11.8. The van der Waals surface area contributed by atoms with Crippen LogP contribution in [0.4, 0.5) is 13.2 Å². The molecule has 0 spiro atoms. The molecule has 2 aromatic rings. The van der Waals surface area contributed by atoms with Crippen molar-refractivity contribution in [2.24, 2.45) is 0 Å². The van der Waals surface area contributed by atoms with Gasteiger partial charge in [-0.1, -0.05) is 37.3 Å². The lowest BCUT2D eigenvalue weighted by molar-refractivity contribution is -0.274. The Morgan fingerprint density at radius 2 is 1.69 bits per heavy atom. The molecule has 1 aliphatic rings. The van der Waals surface area contributed by atoms with Crippen LogP contribution in [0.25, 0.3) is 0 Å². The zero-order valence-corrected chi connectivity index (χ0v) is 18.3. The molecule has 0 bridgehead atoms. The summed E-state index contributed by atoms with van der Waals surface area (Å²) in [5.74, 6) is -0.700. The van der Waals surface area contributed by atoms with Gasteiger partial charge in [-0.05, 0) is 49.1 Å². The number of alkyl halides is 3. The second-order valence-corrected chi connectivity index (χ2v) is 9.33. The van der Waals surface area contributed by atoms with Crippen LogP contribution in [0.3, 0.4) is 0 Å². The molecule has 1 aliphatic heterocycles. The Kier molecular flexibility index (Phi) is 7.45. The maximum absolute atomic E-state index is 13.0. The number of ether oxygens (including phenoxy) is 1. The first kappa shape index (κ1) is 24.1. The minimum atomic E-state index is -4.85. The quantitative estimate of drug-likeness (QED) is 0.663. The summed E-state index contributed by atoms with van der Waals surface area (Å²) in [5, 5.41) is 0. The van der Waals surface area contributed by atoms with Crippen molar-refractivity contribution in [1.29, 1.82) is 0 Å². The van der Waals surface area contributed by atoms with E-state index in [4.69, 9.17) is 0 Å². The van der Waals surface area contributed by atoms with Gasteiger partial charge in [0.25, 0.3) is 0 Å². The number of hydrogen-bond acceptors (Lipinski definition) is 4. The van der Waals surface area contributed by atoms with Crippen molar-refractivity contribution in [1.82, 2.24) is 9.62 Å². The van der Waals surface area contributed by atoms with Crippen LogP contribution < -0.4 is 9.46 Å². The molecule has 174 valence electrons. The number of halogens is 3. The molecule has 1 saturated heterocycles. The minimum Gasteiger partial charge on any atom is -0.406 e. The molecule has 10 heteroatoms. The first-order chi connectivity index (χ1) is 15.1. The Morgan fingerprint density at radius 1 is 1.09 bits per heavy atom. The fraction of sp³-hybridized carbons (Fsp3) is 0.409. The first-order valence-electron chi connectivity index (χ1n) is 10.3. The number of hydrogen-bond donors (Lipinski definition) is 1. The molecule has 1 fully saturated rings. The second kappa shape index (κ2) is 9.91. The van der Waals surface area contributed by atoms with Crippen LogP contribution >= 0.6 is 0 Å². The van der Waals surface area contributed by atoms with E-state index in [2.05, 4.69) is 9.46 Å². The number of piperidine rings is 1. The third-order valence-corrected chi connectivity index (χ3v) is 6.94. The molecule has 1 atom stereocenters. The summed E-state index contributed by atoms with van der Waals surface area (Å²) in [6.45, 7) is 2.81. The molecule has 2 aromatic carbocycles. The SMILES string of the molecule is CCC(C(=O)N1CCC(NS(=O)(=O)c2ccc(OC(F)(F)F)cc2)CC1)c1ccccc1. The third kappa shape index (κ3) is 6.23. The summed E-state index contributed by atoms with van der Waals surface area (Å²) in [5.41, 5.74) is 0.959. The van der Waals surface area contributed by atoms with Crippen molar-refractivity contribution in [2.75, 3.05) is 13.1 Å². The molecule has 1 N–H and O–H groups in total. The molecule has 3 rings (SSSR count). The highest BCUT2D eigenvalue weighted by molar-refractivity contribution is 7.89. The Morgan fingerprint density at radius 3 is 2.22 bits per heavy atom. The zero-order chi connectivity index (χ0) is 23.4. The van der Waals surface area contributed by atoms with Gasteiger partial charge in [-0.15, -0.1) is 13.2 Å². The largest absolute Gasteiger partial charge is 0.573 e. The Bertz CT molecular complexity index is 1000. The number of rotatable bonds is 7. The molecular weight excluding hydrogens is 445 g/mol. The normalized spacial score (nSPS) is 16.6. The smallest absolute Gasteiger partial charge is 0.406 e. The van der Waals surface area contributed by atoms with E-state index >= 15 is 0 Å². The van der Waals surface area contributed by atoms with Gasteiger partial charge in [0, 0.05) is 19.1 Å². The fourth-order valence-electron chi connectivity index (χ4n) is 3.78. The van der Waals surface area contributed by atoms with Gasteiger partial charge in [0.15, 0.2) is 0 Å². The van der Waals surface area contributed by atoms with Crippen LogP contribution in [0, 0.1) is 0 Å². The van der Waals surface area contributed by atoms with Crippen molar-refractivity contribution in [2.45, 2.75) is 49.4 Å². The number of nitrogens with one attached hydrogen (secondary N) is 1. The van der Waals surface area contributed by atoms with Gasteiger partial charge in [-0.25, -0.2) is 13.1 Å². The van der Waals surface area contributed by atoms with E-state index in [-0.39, 0.29) is 22.8 Å². The second-order valence-electron chi connectivity index (χ2n) is 7.61. The maximum Gasteiger partial charge on any atom is 0.573 e. The van der Waals surface area contributed by atoms with Gasteiger partial charge in [0.2, 0.25) is 15.9 Å². The number of sulfonamides is 1. The lowest BCUT2D eigenvalue weighted by Crippen LogP contribution is -2.47. The highest BCUT2D eigenvalue weighted by Crippen LogP contribution is 2.26. The van der Waals surface area contributed by atoms with E-state index < -0.39 is 22.1 Å². The van der Waals surface area contributed by atoms with E-state index in [0.29, 0.717) is 32.4 Å². The van der Waals surface area contributed by atoms with Crippen LogP contribution in [0.15, 0.2) is 59.5 Å². The van der Waals surface area contributed by atoms with E-state index in [1.165, 1.54) is 0 Å². The summed E-state index contributed by atoms with van der Waals surface area (Å²) < 4.78 is 68.3. The van der Waals surface area contributed by atoms with E-state index in [9.17, 15) is 26.4 Å². The van der Waals surface area contributed by atoms with Crippen LogP contribution in [-0.4, -0.2) is 44.7 Å². The summed E-state index contributed by atoms with van der Waals surface area (Å²) in [7, 11) is -3.91. The predicted molar refractivity (Wildman–Crippen MR) is 113 cm³/mol. The zero-order valence-electron chi connectivity index (χ0n) is 17.5. The summed E-state index contributed by atoms with van der Waals surface area (Å²) in [4.78, 5) is 14.6. The number of likely N-dealkylation sites (tertiary alicyclic amines) is 1. The van der Waals surface area contributed by atoms with Gasteiger partial charge in [-0.2, -0.15) is 0 Å². The Labute approximate surface area is 185 Å². The average Bonchev–Trinajstić information content (AvgIpc) is 2.74. The molecule has 32 heavy (non-hydrogen) atoms. The lowest BCUT2D eigenvalue weighted by atomic mass is 9.94. The van der Waals surface area contributed by atoms with Crippen molar-refractivity contribution in [3.63, 3.8) is 0 Å². The molecular formula is C22H25F3N2O4S. The molecule has 6 nitrogen and oxygen atoms in total. The Hall–Kier alpha value is -2.59. The summed E-state index contributed by atoms with van der Waals surface area (Å²) in [6, 6.07) is 13.2. The minimum absolute atomic E-state index is 0.0280. The monoisotopic (exact) mass is 470 g/mol. The number of amides is 1. The van der Waals surface area contributed by atoms with Crippen molar-refractivity contribution >= 4 is 15.9 Å². The summed E-state index contributed by atoms with van der Waals surface area (Å²) >= 11 is 0. The van der Waals surface area contributed by atoms with Gasteiger partial charge in [0.05, 0.1) is 10.8 Å². The highest BCUT2D eigenvalue weighted by Gasteiger charge is 2.32. The van der Waals surface area contributed by atoms with E-state index in [1.54, 1.807) is 4.90 Å². The molecule has 1 heterocycles. The topological polar surface area (TPSA) is 75.7 Å². The van der Waals surface area contributed by atoms with Crippen molar-refractivity contribution < 1.29 is 31.1 Å². The van der Waals surface area contributed by atoms with Gasteiger partial charge < -0.3 is 9.64 Å². The van der Waals surface area contributed by atoms with Crippen molar-refractivity contribution in [3.8, 4) is 5.75 Å². The molecule has 0 saturated carbocycles. The van der Waals surface area contributed by atoms with Gasteiger partial charge in [-0.3, -0.25) is 4.79 Å². The third-order valence-electron chi connectivity index (χ3n) is 5.40. The number of nitrogens with zero attached hydrogens (tertiary/aromatic N) is 1. The van der Waals surface area contributed by atoms with E-state index in [1.807, 2.05) is 37.3 Å². The highest BCUT2D eigenvalue weighted by atomic mass is 32.2. The van der Waals surface area contributed by atoms with Crippen LogP contribution in [0.5, 0.6) is 5.75 Å². The van der Waals surface area contributed by atoms with Crippen molar-refractivity contribution in [3.05, 3.63) is 60.2 Å². The number of carbonyl (C=O) groups excluding carboxylic acids is 1. The average molecular weight is 471 g/mol. The molecule has 0 aromatic heterocycles. The van der Waals surface area contributed by atoms with Crippen LogP contribution in [0.1, 0.15) is 37.7 Å². The van der Waals surface area contributed by atoms with Gasteiger partial charge in [0.1, 0.15) is 5.75 Å².